The number of fused-ring (bicyclic) bond motifs is 2. The van der Waals surface area contributed by atoms with Crippen LogP contribution in [-0.4, -0.2) is 10.2 Å². The molecule has 0 aliphatic rings. The molecule has 2 N–H and O–H groups in total. The van der Waals surface area contributed by atoms with E-state index in [9.17, 15) is 10.2 Å². The molecule has 2 heteroatoms. The maximum Gasteiger partial charge on any atom is 0.156 e. The molecule has 7 aromatic rings. The van der Waals surface area contributed by atoms with E-state index in [1.807, 2.05) is 175 Å². The molecule has 2 atom stereocenters. The van der Waals surface area contributed by atoms with Gasteiger partial charge in [-0.15, -0.1) is 0 Å². The largest absolute Gasteiger partial charge is 0.373 e. The molecule has 2 unspecified atom stereocenters. The van der Waals surface area contributed by atoms with Crippen LogP contribution in [0.4, 0.5) is 0 Å². The fourth-order valence-corrected chi connectivity index (χ4v) is 6.90. The monoisotopic (exact) mass is 750 g/mol. The summed E-state index contributed by atoms with van der Waals surface area (Å²) >= 11 is 0. The summed E-state index contributed by atoms with van der Waals surface area (Å²) in [6.07, 6.45) is 0. The average molecular weight is 751 g/mol. The third kappa shape index (κ3) is 8.19. The molecule has 58 heavy (non-hydrogen) atoms. The number of hydrogen-bond acceptors (Lipinski definition) is 2. The lowest BCUT2D eigenvalue weighted by Gasteiger charge is -2.36. The van der Waals surface area contributed by atoms with Crippen LogP contribution in [0.3, 0.4) is 0 Å². The van der Waals surface area contributed by atoms with Crippen molar-refractivity contribution in [2.75, 3.05) is 0 Å². The van der Waals surface area contributed by atoms with Crippen LogP contribution in [0.2, 0.25) is 0 Å². The molecule has 0 fully saturated rings. The van der Waals surface area contributed by atoms with Gasteiger partial charge in [0, 0.05) is 44.2 Å². The van der Waals surface area contributed by atoms with Crippen molar-refractivity contribution >= 4 is 21.5 Å². The van der Waals surface area contributed by atoms with E-state index in [0.29, 0.717) is 0 Å². The van der Waals surface area contributed by atoms with Crippen molar-refractivity contribution in [1.29, 1.82) is 0 Å². The van der Waals surface area contributed by atoms with Gasteiger partial charge in [0.05, 0.1) is 0 Å². The van der Waals surface area contributed by atoms with E-state index >= 15 is 0 Å². The molecular weight excluding hydrogens is 705 g/mol. The van der Waals surface area contributed by atoms with Gasteiger partial charge in [-0.2, -0.15) is 0 Å². The fraction of sp³-hybridized carbons (Fsp3) is 0.179. The lowest BCUT2D eigenvalue weighted by Crippen LogP contribution is -2.38. The molecule has 0 radical (unpaired) electrons. The standard InChI is InChI=1S/C56H46O2/c1-53(2,3)55(57,51-33-31-45-21-13-15-25-49(45)39-51)37-35-47-23-11-9-19-43(47)29-27-41-17-7-8-18-42(41)28-30-44-20-10-12-24-48(44)36-38-56(58,54(4,5)6)52-34-32-46-22-14-16-26-50(46)40-52/h7-26,31-34,39-40,57-58H,1-6H3. The Kier molecular flexibility index (Phi) is 10.9. The maximum atomic E-state index is 12.2. The lowest BCUT2D eigenvalue weighted by atomic mass is 9.72. The summed E-state index contributed by atoms with van der Waals surface area (Å²) in [6, 6.07) is 51.7. The second kappa shape index (κ2) is 16.0. The zero-order chi connectivity index (χ0) is 41.0. The van der Waals surface area contributed by atoms with E-state index in [4.69, 9.17) is 0 Å². The SMILES string of the molecule is CC(C)(C)C(O)(C#Cc1ccccc1C#Cc1ccccc1C#Cc1ccccc1C#CC(O)(c1ccc2ccccc2c1)C(C)(C)C)c1ccc2ccccc2c1. The van der Waals surface area contributed by atoms with E-state index in [0.717, 1.165) is 66.1 Å². The van der Waals surface area contributed by atoms with Crippen molar-refractivity contribution in [3.05, 3.63) is 202 Å². The van der Waals surface area contributed by atoms with Crippen molar-refractivity contribution in [3.8, 4) is 47.4 Å². The summed E-state index contributed by atoms with van der Waals surface area (Å²) in [5.74, 6) is 26.5. The zero-order valence-electron chi connectivity index (χ0n) is 33.9. The highest BCUT2D eigenvalue weighted by Crippen LogP contribution is 2.41. The molecule has 0 aromatic heterocycles. The lowest BCUT2D eigenvalue weighted by molar-refractivity contribution is -0.00895. The van der Waals surface area contributed by atoms with Crippen molar-refractivity contribution in [2.24, 2.45) is 10.8 Å². The molecular formula is C56H46O2. The van der Waals surface area contributed by atoms with E-state index in [2.05, 4.69) is 71.6 Å². The van der Waals surface area contributed by atoms with Crippen LogP contribution in [0.15, 0.2) is 158 Å². The van der Waals surface area contributed by atoms with Crippen LogP contribution in [0, 0.1) is 58.2 Å². The molecule has 282 valence electrons. The Balaban J connectivity index is 1.20. The highest BCUT2D eigenvalue weighted by atomic mass is 16.3. The van der Waals surface area contributed by atoms with Crippen LogP contribution in [0.25, 0.3) is 21.5 Å². The molecule has 0 spiro atoms. The molecule has 7 aromatic carbocycles. The van der Waals surface area contributed by atoms with Crippen LogP contribution in [0.5, 0.6) is 0 Å². The second-order valence-electron chi connectivity index (χ2n) is 16.7. The number of rotatable bonds is 2. The minimum atomic E-state index is -1.41. The van der Waals surface area contributed by atoms with Gasteiger partial charge in [-0.25, -0.2) is 0 Å². The summed E-state index contributed by atoms with van der Waals surface area (Å²) in [5, 5.41) is 28.7. The fourth-order valence-electron chi connectivity index (χ4n) is 6.90. The smallest absolute Gasteiger partial charge is 0.156 e. The topological polar surface area (TPSA) is 40.5 Å². The normalized spacial score (nSPS) is 13.2. The molecule has 0 aliphatic carbocycles. The molecule has 7 rings (SSSR count). The van der Waals surface area contributed by atoms with Crippen molar-refractivity contribution in [1.82, 2.24) is 0 Å². The Morgan fingerprint density at radius 1 is 0.310 bits per heavy atom. The van der Waals surface area contributed by atoms with Gasteiger partial charge in [0.1, 0.15) is 0 Å². The molecule has 0 saturated carbocycles. The Morgan fingerprint density at radius 2 is 0.569 bits per heavy atom. The first kappa shape index (κ1) is 39.5. The van der Waals surface area contributed by atoms with Gasteiger partial charge in [0.25, 0.3) is 0 Å². The first-order valence-electron chi connectivity index (χ1n) is 19.6. The number of hydrogen-bond donors (Lipinski definition) is 2. The van der Waals surface area contributed by atoms with E-state index < -0.39 is 22.0 Å². The quantitative estimate of drug-likeness (QED) is 0.173. The van der Waals surface area contributed by atoms with E-state index in [1.54, 1.807) is 0 Å². The van der Waals surface area contributed by atoms with Crippen molar-refractivity contribution < 1.29 is 10.2 Å². The summed E-state index contributed by atoms with van der Waals surface area (Å²) < 4.78 is 0. The van der Waals surface area contributed by atoms with Gasteiger partial charge in [0.2, 0.25) is 0 Å². The summed E-state index contributed by atoms with van der Waals surface area (Å²) in [7, 11) is 0. The van der Waals surface area contributed by atoms with Crippen LogP contribution < -0.4 is 0 Å². The highest BCUT2D eigenvalue weighted by molar-refractivity contribution is 5.84. The summed E-state index contributed by atoms with van der Waals surface area (Å²) in [6.45, 7) is 12.0. The van der Waals surface area contributed by atoms with Gasteiger partial charge in [-0.3, -0.25) is 0 Å². The van der Waals surface area contributed by atoms with Crippen molar-refractivity contribution in [3.63, 3.8) is 0 Å². The molecule has 0 amide bonds. The number of aliphatic hydroxyl groups is 2. The maximum absolute atomic E-state index is 12.2. The second-order valence-corrected chi connectivity index (χ2v) is 16.7. The van der Waals surface area contributed by atoms with E-state index in [1.165, 1.54) is 0 Å². The van der Waals surface area contributed by atoms with Crippen molar-refractivity contribution in [2.45, 2.75) is 52.7 Å². The molecule has 0 heterocycles. The average Bonchev–Trinajstić information content (AvgIpc) is 3.22. The predicted molar refractivity (Wildman–Crippen MR) is 240 cm³/mol. The van der Waals surface area contributed by atoms with E-state index in [-0.39, 0.29) is 0 Å². The summed E-state index contributed by atoms with van der Waals surface area (Å²) in [4.78, 5) is 0. The Morgan fingerprint density at radius 3 is 0.862 bits per heavy atom. The van der Waals surface area contributed by atoms with Gasteiger partial charge >= 0.3 is 0 Å². The van der Waals surface area contributed by atoms with Gasteiger partial charge in [-0.05, 0) is 81.2 Å². The van der Waals surface area contributed by atoms with Crippen LogP contribution in [-0.2, 0) is 11.2 Å². The summed E-state index contributed by atoms with van der Waals surface area (Å²) in [5.41, 5.74) is 2.06. The molecule has 0 aliphatic heterocycles. The van der Waals surface area contributed by atoms with Crippen LogP contribution in [0.1, 0.15) is 86.1 Å². The Hall–Kier alpha value is -6.78. The minimum Gasteiger partial charge on any atom is -0.373 e. The minimum absolute atomic E-state index is 0.573. The third-order valence-corrected chi connectivity index (χ3v) is 10.7. The van der Waals surface area contributed by atoms with Crippen LogP contribution >= 0.6 is 0 Å². The highest BCUT2D eigenvalue weighted by Gasteiger charge is 2.41. The predicted octanol–water partition coefficient (Wildman–Crippen LogP) is 11.4. The zero-order valence-corrected chi connectivity index (χ0v) is 33.9. The Labute approximate surface area is 343 Å². The molecule has 0 saturated heterocycles. The van der Waals surface area contributed by atoms with Gasteiger partial charge in [0.15, 0.2) is 11.2 Å². The van der Waals surface area contributed by atoms with Gasteiger partial charge < -0.3 is 10.2 Å². The number of benzene rings is 7. The third-order valence-electron chi connectivity index (χ3n) is 10.7. The van der Waals surface area contributed by atoms with Gasteiger partial charge in [-0.1, -0.05) is 198 Å². The molecule has 0 bridgehead atoms. The first-order chi connectivity index (χ1) is 27.7. The first-order valence-corrected chi connectivity index (χ1v) is 19.6. The Bertz CT molecular complexity index is 2720. The molecule has 2 nitrogen and oxygen atoms in total.